The van der Waals surface area contributed by atoms with Crippen LogP contribution in [0.4, 0.5) is 16.2 Å². The van der Waals surface area contributed by atoms with E-state index in [9.17, 15) is 4.79 Å². The number of para-hydroxylation sites is 1. The molecule has 0 fully saturated rings. The number of carbonyl (C=O) groups excluding carboxylic acids is 1. The van der Waals surface area contributed by atoms with Crippen LogP contribution in [0.2, 0.25) is 0 Å². The maximum Gasteiger partial charge on any atom is 0.326 e. The van der Waals surface area contributed by atoms with Crippen LogP contribution in [-0.2, 0) is 6.54 Å². The van der Waals surface area contributed by atoms with E-state index in [1.807, 2.05) is 78.9 Å². The summed E-state index contributed by atoms with van der Waals surface area (Å²) in [5.74, 6) is 0. The smallest absolute Gasteiger partial charge is 0.308 e. The highest BCUT2D eigenvalue weighted by molar-refractivity contribution is 6.03. The van der Waals surface area contributed by atoms with E-state index in [2.05, 4.69) is 29.6 Å². The van der Waals surface area contributed by atoms with Crippen LogP contribution in [-0.4, -0.2) is 6.03 Å². The molecule has 0 spiro atoms. The number of benzene rings is 4. The first kappa shape index (κ1) is 16.9. The fourth-order valence-electron chi connectivity index (χ4n) is 3.10. The first-order valence-electron chi connectivity index (χ1n) is 8.96. The van der Waals surface area contributed by atoms with Crippen LogP contribution in [0.1, 0.15) is 5.56 Å². The van der Waals surface area contributed by atoms with E-state index in [1.54, 1.807) is 4.90 Å². The van der Waals surface area contributed by atoms with Gasteiger partial charge in [0.05, 0.1) is 6.54 Å². The Balaban J connectivity index is 1.68. The standard InChI is InChI=1S/C24H20N2O/c27-24(25-22-13-5-2-6-14-22)26(18-19-9-3-1-4-10-19)23-16-15-20-11-7-8-12-21(20)17-23/h1-17H,18H2,(H,25,27). The molecule has 0 heterocycles. The third-order valence-corrected chi connectivity index (χ3v) is 4.50. The second kappa shape index (κ2) is 7.75. The molecule has 0 aliphatic carbocycles. The quantitative estimate of drug-likeness (QED) is 0.474. The van der Waals surface area contributed by atoms with Crippen molar-refractivity contribution < 1.29 is 4.79 Å². The molecule has 27 heavy (non-hydrogen) atoms. The van der Waals surface area contributed by atoms with Gasteiger partial charge in [-0.3, -0.25) is 4.90 Å². The number of hydrogen-bond donors (Lipinski definition) is 1. The van der Waals surface area contributed by atoms with Crippen LogP contribution in [0.3, 0.4) is 0 Å². The Morgan fingerprint density at radius 2 is 1.33 bits per heavy atom. The summed E-state index contributed by atoms with van der Waals surface area (Å²) >= 11 is 0. The largest absolute Gasteiger partial charge is 0.326 e. The zero-order chi connectivity index (χ0) is 18.5. The van der Waals surface area contributed by atoms with Gasteiger partial charge in [-0.1, -0.05) is 78.9 Å². The van der Waals surface area contributed by atoms with Crippen LogP contribution < -0.4 is 10.2 Å². The van der Waals surface area contributed by atoms with Gasteiger partial charge in [0.1, 0.15) is 0 Å². The Bertz CT molecular complexity index is 1050. The first-order chi connectivity index (χ1) is 13.3. The lowest BCUT2D eigenvalue weighted by Gasteiger charge is -2.24. The first-order valence-corrected chi connectivity index (χ1v) is 8.96. The van der Waals surface area contributed by atoms with E-state index in [0.717, 1.165) is 27.7 Å². The summed E-state index contributed by atoms with van der Waals surface area (Å²) in [5.41, 5.74) is 2.72. The Labute approximate surface area is 158 Å². The molecule has 132 valence electrons. The summed E-state index contributed by atoms with van der Waals surface area (Å²) in [7, 11) is 0. The summed E-state index contributed by atoms with van der Waals surface area (Å²) in [5, 5.41) is 5.26. The molecule has 2 amide bonds. The van der Waals surface area contributed by atoms with Crippen LogP contribution in [0.15, 0.2) is 103 Å². The molecule has 4 aromatic carbocycles. The van der Waals surface area contributed by atoms with Crippen LogP contribution in [0.5, 0.6) is 0 Å². The Morgan fingerprint density at radius 1 is 0.704 bits per heavy atom. The van der Waals surface area contributed by atoms with Gasteiger partial charge in [0.25, 0.3) is 0 Å². The number of nitrogens with one attached hydrogen (secondary N) is 1. The lowest BCUT2D eigenvalue weighted by Crippen LogP contribution is -2.34. The lowest BCUT2D eigenvalue weighted by molar-refractivity contribution is 0.256. The van der Waals surface area contributed by atoms with Gasteiger partial charge in [-0.05, 0) is 40.6 Å². The second-order valence-electron chi connectivity index (χ2n) is 6.40. The molecular weight excluding hydrogens is 332 g/mol. The van der Waals surface area contributed by atoms with E-state index in [-0.39, 0.29) is 6.03 Å². The van der Waals surface area contributed by atoms with Gasteiger partial charge in [0.2, 0.25) is 0 Å². The minimum absolute atomic E-state index is 0.152. The fourth-order valence-corrected chi connectivity index (χ4v) is 3.10. The number of carbonyl (C=O) groups is 1. The van der Waals surface area contributed by atoms with Gasteiger partial charge in [-0.25, -0.2) is 4.79 Å². The Kier molecular flexibility index (Phi) is 4.84. The van der Waals surface area contributed by atoms with E-state index < -0.39 is 0 Å². The molecule has 3 heteroatoms. The minimum Gasteiger partial charge on any atom is -0.308 e. The molecule has 0 atom stereocenters. The molecule has 4 aromatic rings. The zero-order valence-corrected chi connectivity index (χ0v) is 14.9. The Morgan fingerprint density at radius 3 is 2.07 bits per heavy atom. The van der Waals surface area contributed by atoms with Crippen molar-refractivity contribution in [1.82, 2.24) is 0 Å². The molecule has 0 saturated carbocycles. The van der Waals surface area contributed by atoms with E-state index in [4.69, 9.17) is 0 Å². The Hall–Kier alpha value is -3.59. The van der Waals surface area contributed by atoms with Crippen molar-refractivity contribution in [3.8, 4) is 0 Å². The molecule has 1 N–H and O–H groups in total. The fraction of sp³-hybridized carbons (Fsp3) is 0.0417. The second-order valence-corrected chi connectivity index (χ2v) is 6.40. The number of urea groups is 1. The van der Waals surface area contributed by atoms with Crippen molar-refractivity contribution in [2.24, 2.45) is 0 Å². The van der Waals surface area contributed by atoms with Crippen molar-refractivity contribution in [3.05, 3.63) is 109 Å². The average Bonchev–Trinajstić information content (AvgIpc) is 2.73. The summed E-state index contributed by atoms with van der Waals surface area (Å²) < 4.78 is 0. The highest BCUT2D eigenvalue weighted by atomic mass is 16.2. The molecule has 0 unspecified atom stereocenters. The molecule has 3 nitrogen and oxygen atoms in total. The summed E-state index contributed by atoms with van der Waals surface area (Å²) in [6, 6.07) is 33.7. The van der Waals surface area contributed by atoms with Gasteiger partial charge >= 0.3 is 6.03 Å². The lowest BCUT2D eigenvalue weighted by atomic mass is 10.1. The number of fused-ring (bicyclic) bond motifs is 1. The van der Waals surface area contributed by atoms with Crippen molar-refractivity contribution in [1.29, 1.82) is 0 Å². The molecule has 0 saturated heterocycles. The van der Waals surface area contributed by atoms with Crippen molar-refractivity contribution in [3.63, 3.8) is 0 Å². The molecule has 4 rings (SSSR count). The topological polar surface area (TPSA) is 32.3 Å². The highest BCUT2D eigenvalue weighted by Crippen LogP contribution is 2.24. The summed E-state index contributed by atoms with van der Waals surface area (Å²) in [6.45, 7) is 0.498. The highest BCUT2D eigenvalue weighted by Gasteiger charge is 2.17. The van der Waals surface area contributed by atoms with Gasteiger partial charge in [0.15, 0.2) is 0 Å². The van der Waals surface area contributed by atoms with Crippen LogP contribution in [0.25, 0.3) is 10.8 Å². The molecule has 0 radical (unpaired) electrons. The predicted molar refractivity (Wildman–Crippen MR) is 112 cm³/mol. The van der Waals surface area contributed by atoms with E-state index in [0.29, 0.717) is 6.54 Å². The van der Waals surface area contributed by atoms with Crippen LogP contribution >= 0.6 is 0 Å². The van der Waals surface area contributed by atoms with Gasteiger partial charge < -0.3 is 5.32 Å². The van der Waals surface area contributed by atoms with Crippen molar-refractivity contribution in [2.75, 3.05) is 10.2 Å². The average molecular weight is 352 g/mol. The molecular formula is C24H20N2O. The maximum absolute atomic E-state index is 13.1. The van der Waals surface area contributed by atoms with Crippen LogP contribution in [0, 0.1) is 0 Å². The van der Waals surface area contributed by atoms with Gasteiger partial charge in [-0.15, -0.1) is 0 Å². The normalized spacial score (nSPS) is 10.5. The number of rotatable bonds is 4. The van der Waals surface area contributed by atoms with Crippen molar-refractivity contribution in [2.45, 2.75) is 6.54 Å². The monoisotopic (exact) mass is 352 g/mol. The molecule has 0 bridgehead atoms. The molecule has 0 aromatic heterocycles. The number of hydrogen-bond acceptors (Lipinski definition) is 1. The molecule has 0 aliphatic rings. The third-order valence-electron chi connectivity index (χ3n) is 4.50. The summed E-state index contributed by atoms with van der Waals surface area (Å²) in [6.07, 6.45) is 0. The molecule has 0 aliphatic heterocycles. The van der Waals surface area contributed by atoms with Gasteiger partial charge in [-0.2, -0.15) is 0 Å². The number of amides is 2. The summed E-state index contributed by atoms with van der Waals surface area (Å²) in [4.78, 5) is 14.8. The van der Waals surface area contributed by atoms with E-state index >= 15 is 0 Å². The minimum atomic E-state index is -0.152. The SMILES string of the molecule is O=C(Nc1ccccc1)N(Cc1ccccc1)c1ccc2ccccc2c1. The predicted octanol–water partition coefficient (Wildman–Crippen LogP) is 6.08. The zero-order valence-electron chi connectivity index (χ0n) is 14.9. The third kappa shape index (κ3) is 3.98. The maximum atomic E-state index is 13.1. The number of anilines is 2. The van der Waals surface area contributed by atoms with Crippen molar-refractivity contribution >= 4 is 28.2 Å². The van der Waals surface area contributed by atoms with E-state index in [1.165, 1.54) is 0 Å². The number of nitrogens with zero attached hydrogens (tertiary/aromatic N) is 1. The van der Waals surface area contributed by atoms with Gasteiger partial charge in [0, 0.05) is 11.4 Å².